The van der Waals surface area contributed by atoms with E-state index in [9.17, 15) is 72.5 Å². The molecule has 7 aliphatic heterocycles. The number of hydrogen-bond donors (Lipinski definition) is 11. The van der Waals surface area contributed by atoms with Gasteiger partial charge in [0.1, 0.15) is 65.7 Å². The molecule has 0 radical (unpaired) electrons. The lowest BCUT2D eigenvalue weighted by molar-refractivity contribution is -0.220. The number of rotatable bonds is 16. The molecule has 8 bridgehead atoms. The predicted molar refractivity (Wildman–Crippen MR) is 333 cm³/mol. The zero-order chi connectivity index (χ0) is 69.8. The van der Waals surface area contributed by atoms with Crippen LogP contribution in [0.15, 0.2) is 41.4 Å². The second-order valence-corrected chi connectivity index (χ2v) is 26.0. The van der Waals surface area contributed by atoms with Gasteiger partial charge >= 0.3 is 24.0 Å². The Morgan fingerprint density at radius 2 is 1.55 bits per heavy atom. The molecule has 96 heavy (non-hydrogen) atoms. The van der Waals surface area contributed by atoms with E-state index in [1.165, 1.54) is 37.1 Å². The van der Waals surface area contributed by atoms with Crippen molar-refractivity contribution >= 4 is 99.2 Å². The molecule has 0 aliphatic carbocycles. The Bertz CT molecular complexity index is 3480. The Morgan fingerprint density at radius 3 is 2.24 bits per heavy atom. The highest BCUT2D eigenvalue weighted by Crippen LogP contribution is 2.34. The van der Waals surface area contributed by atoms with Gasteiger partial charge in [0.25, 0.3) is 0 Å². The van der Waals surface area contributed by atoms with Crippen molar-refractivity contribution in [1.29, 1.82) is 0 Å². The zero-order valence-electron chi connectivity index (χ0n) is 53.7. The van der Waals surface area contributed by atoms with Crippen LogP contribution in [0.1, 0.15) is 101 Å². The van der Waals surface area contributed by atoms with E-state index in [1.807, 2.05) is 0 Å². The van der Waals surface area contributed by atoms with Crippen LogP contribution in [0.2, 0.25) is 0 Å². The standard InChI is InChI=1S/C62H81N11O22S/c1-7-37-33(10-8-9-15-72(6)62(88)92-25-32-11-14-46(40(16-32)60(86)87)95-61-47(94-31(5)75)19-36(27-91-61)93-30(4)74)26-90-35-12-13-38-39-20-42-53(80)64-23-50(79)70-52(37)56(83)65-22-49(78)66-44(28-96(89)58(39)69-41(38)18-35)54(81)68-43(21-48(63)77)59(85)73-24-34(76)17-45(73)55(82)71-51(29(2)3)57(84)67-42/h11-14,16,18,29,33-34,36-37,42-45,47,51-52,61,69,76H,7-10,15,17,19-28H2,1-6H3,(H2,63,77)(H,64,80)(H,65,83)(H,66,78)(H,67,84)(H,68,81)(H,70,79)(H,71,82)(H,86,87)/t33?,34-,36+,37-,42+,43+,44+,45+,47-,51+,52+,61+,96?/m1/s1. The number of carbonyl (C=O) groups excluding carboxylic acids is 12. The van der Waals surface area contributed by atoms with Crippen molar-refractivity contribution in [2.75, 3.05) is 52.2 Å². The van der Waals surface area contributed by atoms with Crippen LogP contribution in [-0.4, -0.2) is 220 Å². The minimum Gasteiger partial charge on any atom is -0.610 e. The van der Waals surface area contributed by atoms with Gasteiger partial charge in [-0.3, -0.25) is 52.7 Å². The normalized spacial score (nSPS) is 27.1. The number of ether oxygens (including phenoxy) is 6. The Morgan fingerprint density at radius 1 is 0.833 bits per heavy atom. The molecule has 0 spiro atoms. The third-order valence-electron chi connectivity index (χ3n) is 17.0. The van der Waals surface area contributed by atoms with E-state index >= 15 is 4.55 Å². The van der Waals surface area contributed by atoms with Crippen LogP contribution in [0, 0.1) is 17.8 Å². The van der Waals surface area contributed by atoms with Crippen LogP contribution in [0.25, 0.3) is 10.9 Å². The first-order valence-electron chi connectivity index (χ1n) is 31.4. The maximum absolute atomic E-state index is 15.1. The van der Waals surface area contributed by atoms with Gasteiger partial charge in [-0.25, -0.2) is 9.59 Å². The van der Waals surface area contributed by atoms with Crippen LogP contribution in [0.5, 0.6) is 11.5 Å². The lowest BCUT2D eigenvalue weighted by atomic mass is 9.80. The molecule has 10 amide bonds. The van der Waals surface area contributed by atoms with Gasteiger partial charge in [-0.05, 0) is 60.4 Å². The maximum atomic E-state index is 15.1. The summed E-state index contributed by atoms with van der Waals surface area (Å²) in [5.74, 6) is -14.3. The molecule has 2 unspecified atom stereocenters. The molecule has 8 heterocycles. The lowest BCUT2D eigenvalue weighted by Gasteiger charge is -2.35. The molecule has 7 aliphatic rings. The summed E-state index contributed by atoms with van der Waals surface area (Å²) < 4.78 is 49.2. The number of aromatic amines is 1. The van der Waals surface area contributed by atoms with Crippen LogP contribution < -0.4 is 52.4 Å². The van der Waals surface area contributed by atoms with Crippen molar-refractivity contribution in [1.82, 2.24) is 52.0 Å². The van der Waals surface area contributed by atoms with Gasteiger partial charge in [0, 0.05) is 81.4 Å². The summed E-state index contributed by atoms with van der Waals surface area (Å²) in [5.41, 5.74) is 5.99. The molecule has 2 saturated heterocycles. The van der Waals surface area contributed by atoms with E-state index < -0.39 is 205 Å². The monoisotopic (exact) mass is 1360 g/mol. The summed E-state index contributed by atoms with van der Waals surface area (Å²) in [5, 5.41) is 39.2. The summed E-state index contributed by atoms with van der Waals surface area (Å²) >= 11 is -2.38. The molecule has 522 valence electrons. The Balaban J connectivity index is 1.06. The number of amides is 10. The van der Waals surface area contributed by atoms with E-state index in [-0.39, 0.29) is 85.3 Å². The zero-order valence-corrected chi connectivity index (χ0v) is 54.5. The van der Waals surface area contributed by atoms with Gasteiger partial charge in [-0.15, -0.1) is 0 Å². The predicted octanol–water partition coefficient (Wildman–Crippen LogP) is -1.84. The molecule has 0 saturated carbocycles. The van der Waals surface area contributed by atoms with Crippen LogP contribution in [0.4, 0.5) is 4.79 Å². The van der Waals surface area contributed by atoms with Crippen molar-refractivity contribution in [3.8, 4) is 11.5 Å². The first-order valence-corrected chi connectivity index (χ1v) is 32.7. The number of unbranched alkanes of at least 4 members (excludes halogenated alkanes) is 1. The number of H-pyrrole nitrogens is 1. The van der Waals surface area contributed by atoms with Crippen molar-refractivity contribution < 1.29 is 106 Å². The first-order chi connectivity index (χ1) is 45.6. The van der Waals surface area contributed by atoms with Crippen molar-refractivity contribution in [2.45, 2.75) is 158 Å². The Kier molecular flexibility index (Phi) is 24.5. The SMILES string of the molecule is CC[C@@H]1C(CCCCN(C)C(=O)OCc2ccc(O[C@@H]3OC[C@@H](OC(C)=O)C[C@H]3OC(C)=O)c(C(=O)O)c2)COc2ccc3c4c([nH]c3c2)[S+]([O-])C[C@@H]2NC(=O)CNC(=O)[C@H]1NC(=O)CNC(=O)[C@H](C4)NC(=O)[C@H](C(C)C)NC(=O)[C@@H]1C[C@@H](O)CN1C(=O)[C@H](CC(N)=O)NC2=O. The third-order valence-corrected chi connectivity index (χ3v) is 18.5. The van der Waals surface area contributed by atoms with Crippen molar-refractivity contribution in [2.24, 2.45) is 23.5 Å². The summed E-state index contributed by atoms with van der Waals surface area (Å²) in [4.78, 5) is 183. The Labute approximate surface area is 553 Å². The number of nitrogens with two attached hydrogens (primary N) is 1. The van der Waals surface area contributed by atoms with E-state index in [1.54, 1.807) is 39.0 Å². The number of carbonyl (C=O) groups is 13. The quantitative estimate of drug-likeness (QED) is 0.0325. The summed E-state index contributed by atoms with van der Waals surface area (Å²) in [6, 6.07) is -0.811. The van der Waals surface area contributed by atoms with Gasteiger partial charge in [-0.1, -0.05) is 39.7 Å². The molecule has 2 fully saturated rings. The van der Waals surface area contributed by atoms with Crippen LogP contribution in [-0.2, 0) is 95.9 Å². The summed E-state index contributed by atoms with van der Waals surface area (Å²) in [6.07, 6.45) is -5.55. The number of benzene rings is 2. The molecule has 10 rings (SSSR count). The highest BCUT2D eigenvalue weighted by Gasteiger charge is 2.46. The van der Waals surface area contributed by atoms with E-state index in [4.69, 9.17) is 34.2 Å². The third kappa shape index (κ3) is 18.6. The molecular weight excluding hydrogens is 1280 g/mol. The number of hydrogen-bond acceptors (Lipinski definition) is 21. The van der Waals surface area contributed by atoms with Crippen LogP contribution >= 0.6 is 0 Å². The number of carboxylic acids is 1. The molecule has 1 aromatic heterocycles. The topological polar surface area (TPSA) is 473 Å². The number of aromatic carboxylic acids is 1. The fraction of sp³-hybridized carbons (Fsp3) is 0.565. The number of aromatic nitrogens is 1. The fourth-order valence-electron chi connectivity index (χ4n) is 12.3. The number of primary amides is 1. The summed E-state index contributed by atoms with van der Waals surface area (Å²) in [7, 11) is 1.49. The molecule has 2 aromatic carbocycles. The highest BCUT2D eigenvalue weighted by atomic mass is 32.2. The minimum absolute atomic E-state index is 0.0169. The molecular formula is C62H81N11O22S. The van der Waals surface area contributed by atoms with Gasteiger partial charge in [-0.2, -0.15) is 0 Å². The highest BCUT2D eigenvalue weighted by molar-refractivity contribution is 7.91. The van der Waals surface area contributed by atoms with Gasteiger partial charge in [0.05, 0.1) is 44.3 Å². The smallest absolute Gasteiger partial charge is 0.409 e. The molecule has 13 atom stereocenters. The largest absolute Gasteiger partial charge is 0.610 e. The average Bonchev–Trinajstić information content (AvgIpc) is 1.61. The second-order valence-electron chi connectivity index (χ2n) is 24.6. The van der Waals surface area contributed by atoms with Gasteiger partial charge in [0.15, 0.2) is 12.1 Å². The average molecular weight is 1360 g/mol. The van der Waals surface area contributed by atoms with E-state index in [0.29, 0.717) is 23.7 Å². The van der Waals surface area contributed by atoms with Crippen molar-refractivity contribution in [3.63, 3.8) is 0 Å². The number of esters is 2. The number of nitrogens with zero attached hydrogens (tertiary/aromatic N) is 2. The number of carboxylic acid groups (broad SMARTS) is 1. The fourth-order valence-corrected chi connectivity index (χ4v) is 13.7. The lowest BCUT2D eigenvalue weighted by Crippen LogP contribution is -2.61. The molecule has 12 N–H and O–H groups in total. The maximum Gasteiger partial charge on any atom is 0.409 e. The molecule has 34 heteroatoms. The second kappa shape index (κ2) is 32.4. The van der Waals surface area contributed by atoms with Crippen LogP contribution in [0.3, 0.4) is 0 Å². The van der Waals surface area contributed by atoms with Gasteiger partial charge in [0.2, 0.25) is 64.5 Å². The number of aliphatic hydroxyl groups excluding tert-OH is 1. The molecule has 3 aromatic rings. The molecule has 33 nitrogen and oxygen atoms in total. The Hall–Kier alpha value is -9.28. The van der Waals surface area contributed by atoms with E-state index in [0.717, 1.165) is 11.8 Å². The first kappa shape index (κ1) is 72.5. The van der Waals surface area contributed by atoms with Gasteiger partial charge < -0.3 is 101 Å². The number of fused-ring (bicyclic) bond motifs is 6. The van der Waals surface area contributed by atoms with Crippen molar-refractivity contribution in [3.05, 3.63) is 53.1 Å². The number of nitrogens with one attached hydrogen (secondary N) is 8. The summed E-state index contributed by atoms with van der Waals surface area (Å²) in [6.45, 7) is 4.79. The number of aliphatic hydroxyl groups is 1. The van der Waals surface area contributed by atoms with E-state index in [2.05, 4.69) is 42.2 Å². The minimum atomic E-state index is -2.38.